The smallest absolute Gasteiger partial charge is 0.269 e. The van der Waals surface area contributed by atoms with Crippen LogP contribution >= 0.6 is 0 Å². The molecule has 1 atom stereocenters. The fourth-order valence-corrected chi connectivity index (χ4v) is 2.54. The van der Waals surface area contributed by atoms with Crippen molar-refractivity contribution in [3.8, 4) is 0 Å². The predicted molar refractivity (Wildman–Crippen MR) is 97.2 cm³/mol. The molecule has 0 aliphatic rings. The van der Waals surface area contributed by atoms with Crippen molar-refractivity contribution in [2.24, 2.45) is 5.73 Å². The van der Waals surface area contributed by atoms with Gasteiger partial charge in [0.1, 0.15) is 0 Å². The van der Waals surface area contributed by atoms with Gasteiger partial charge in [-0.3, -0.25) is 14.9 Å². The van der Waals surface area contributed by atoms with Gasteiger partial charge in [0, 0.05) is 18.7 Å². The van der Waals surface area contributed by atoms with Crippen LogP contribution in [0.1, 0.15) is 24.0 Å². The van der Waals surface area contributed by atoms with Crippen LogP contribution < -0.4 is 11.1 Å². The predicted octanol–water partition coefficient (Wildman–Crippen LogP) is 2.60. The molecule has 0 radical (unpaired) electrons. The first-order valence-electron chi connectivity index (χ1n) is 8.37. The molecule has 0 aromatic heterocycles. The average Bonchev–Trinajstić information content (AvgIpc) is 2.62. The van der Waals surface area contributed by atoms with Crippen molar-refractivity contribution in [3.05, 3.63) is 75.8 Å². The summed E-state index contributed by atoms with van der Waals surface area (Å²) in [4.78, 5) is 22.2. The Morgan fingerprint density at radius 1 is 1.04 bits per heavy atom. The second-order valence-corrected chi connectivity index (χ2v) is 5.97. The van der Waals surface area contributed by atoms with Crippen LogP contribution in [-0.4, -0.2) is 23.4 Å². The zero-order valence-corrected chi connectivity index (χ0v) is 14.1. The van der Waals surface area contributed by atoms with Crippen molar-refractivity contribution in [2.45, 2.75) is 31.7 Å². The largest absolute Gasteiger partial charge is 0.355 e. The monoisotopic (exact) mass is 341 g/mol. The van der Waals surface area contributed by atoms with Crippen LogP contribution in [0.5, 0.6) is 0 Å². The number of unbranched alkanes of at least 4 members (excludes halogenated alkanes) is 1. The minimum Gasteiger partial charge on any atom is -0.355 e. The van der Waals surface area contributed by atoms with Gasteiger partial charge in [-0.15, -0.1) is 0 Å². The summed E-state index contributed by atoms with van der Waals surface area (Å²) in [5, 5.41) is 13.5. The van der Waals surface area contributed by atoms with Crippen LogP contribution in [0.15, 0.2) is 54.6 Å². The van der Waals surface area contributed by atoms with Gasteiger partial charge in [0.25, 0.3) is 5.69 Å². The number of non-ortho nitro benzene ring substituents is 1. The second kappa shape index (κ2) is 9.54. The molecule has 25 heavy (non-hydrogen) atoms. The number of nitrogens with zero attached hydrogens (tertiary/aromatic N) is 1. The average molecular weight is 341 g/mol. The van der Waals surface area contributed by atoms with E-state index in [1.165, 1.54) is 12.1 Å². The maximum absolute atomic E-state index is 12.0. The van der Waals surface area contributed by atoms with Gasteiger partial charge < -0.3 is 11.1 Å². The summed E-state index contributed by atoms with van der Waals surface area (Å²) in [6.45, 7) is 0.578. The lowest BCUT2D eigenvalue weighted by atomic mass is 10.1. The van der Waals surface area contributed by atoms with Crippen molar-refractivity contribution < 1.29 is 9.72 Å². The Balaban J connectivity index is 1.63. The van der Waals surface area contributed by atoms with E-state index in [0.29, 0.717) is 13.0 Å². The lowest BCUT2D eigenvalue weighted by Gasteiger charge is -2.12. The number of nitrogens with two attached hydrogens (primary N) is 1. The van der Waals surface area contributed by atoms with E-state index in [2.05, 4.69) is 5.32 Å². The van der Waals surface area contributed by atoms with Crippen molar-refractivity contribution in [3.63, 3.8) is 0 Å². The van der Waals surface area contributed by atoms with Gasteiger partial charge in [0.2, 0.25) is 5.91 Å². The zero-order valence-electron chi connectivity index (χ0n) is 14.1. The molecular formula is C19H23N3O3. The first-order chi connectivity index (χ1) is 12.1. The van der Waals surface area contributed by atoms with Gasteiger partial charge in [0.05, 0.1) is 11.0 Å². The molecule has 0 aliphatic heterocycles. The molecule has 3 N–H and O–H groups in total. The van der Waals surface area contributed by atoms with E-state index in [-0.39, 0.29) is 11.6 Å². The van der Waals surface area contributed by atoms with Gasteiger partial charge in [-0.1, -0.05) is 42.5 Å². The Morgan fingerprint density at radius 2 is 1.72 bits per heavy atom. The number of benzene rings is 2. The highest BCUT2D eigenvalue weighted by Crippen LogP contribution is 2.13. The minimum absolute atomic E-state index is 0.100. The summed E-state index contributed by atoms with van der Waals surface area (Å²) in [7, 11) is 0. The Labute approximate surface area is 147 Å². The second-order valence-electron chi connectivity index (χ2n) is 5.97. The van der Waals surface area contributed by atoms with Crippen LogP contribution in [0, 0.1) is 10.1 Å². The molecule has 2 aromatic carbocycles. The molecule has 0 fully saturated rings. The number of carbonyl (C=O) groups is 1. The standard InChI is InChI=1S/C19H23N3O3/c20-18(14-16-7-2-1-3-8-16)19(23)21-13-5-4-6-15-9-11-17(12-10-15)22(24)25/h1-3,7-12,18H,4-6,13-14,20H2,(H,21,23)/t18-/m0/s1. The topological polar surface area (TPSA) is 98.3 Å². The number of aryl methyl sites for hydroxylation is 1. The molecule has 2 aromatic rings. The molecule has 6 nitrogen and oxygen atoms in total. The Morgan fingerprint density at radius 3 is 2.36 bits per heavy atom. The molecule has 1 amide bonds. The van der Waals surface area contributed by atoms with Crippen molar-refractivity contribution in [2.75, 3.05) is 6.54 Å². The van der Waals surface area contributed by atoms with Crippen molar-refractivity contribution in [1.82, 2.24) is 5.32 Å². The number of hydrogen-bond acceptors (Lipinski definition) is 4. The van der Waals surface area contributed by atoms with E-state index in [1.807, 2.05) is 30.3 Å². The molecular weight excluding hydrogens is 318 g/mol. The summed E-state index contributed by atoms with van der Waals surface area (Å²) < 4.78 is 0. The van der Waals surface area contributed by atoms with Gasteiger partial charge in [-0.2, -0.15) is 0 Å². The van der Waals surface area contributed by atoms with Crippen LogP contribution in [0.2, 0.25) is 0 Å². The normalized spacial score (nSPS) is 11.7. The van der Waals surface area contributed by atoms with E-state index in [9.17, 15) is 14.9 Å². The molecule has 0 bridgehead atoms. The highest BCUT2D eigenvalue weighted by atomic mass is 16.6. The number of carbonyl (C=O) groups excluding carboxylic acids is 1. The SMILES string of the molecule is N[C@@H](Cc1ccccc1)C(=O)NCCCCc1ccc([N+](=O)[O-])cc1. The first kappa shape index (κ1) is 18.6. The maximum Gasteiger partial charge on any atom is 0.269 e. The molecule has 0 saturated heterocycles. The number of rotatable bonds is 9. The molecule has 0 unspecified atom stereocenters. The third-order valence-electron chi connectivity index (χ3n) is 3.97. The Bertz CT molecular complexity index is 687. The van der Waals surface area contributed by atoms with E-state index in [4.69, 9.17) is 5.73 Å². The summed E-state index contributed by atoms with van der Waals surface area (Å²) in [5.74, 6) is -0.140. The number of nitrogens with one attached hydrogen (secondary N) is 1. The molecule has 0 saturated carbocycles. The van der Waals surface area contributed by atoms with Crippen LogP contribution in [0.3, 0.4) is 0 Å². The fourth-order valence-electron chi connectivity index (χ4n) is 2.54. The molecule has 6 heteroatoms. The van der Waals surface area contributed by atoms with Gasteiger partial charge >= 0.3 is 0 Å². The number of nitro benzene ring substituents is 1. The lowest BCUT2D eigenvalue weighted by Crippen LogP contribution is -2.42. The van der Waals surface area contributed by atoms with Crippen molar-refractivity contribution >= 4 is 11.6 Å². The number of hydrogen-bond donors (Lipinski definition) is 2. The summed E-state index contributed by atoms with van der Waals surface area (Å²) in [6, 6.07) is 15.7. The van der Waals surface area contributed by atoms with Crippen LogP contribution in [0.4, 0.5) is 5.69 Å². The zero-order chi connectivity index (χ0) is 18.1. The highest BCUT2D eigenvalue weighted by molar-refractivity contribution is 5.81. The van der Waals surface area contributed by atoms with E-state index < -0.39 is 11.0 Å². The quantitative estimate of drug-likeness (QED) is 0.416. The highest BCUT2D eigenvalue weighted by Gasteiger charge is 2.13. The summed E-state index contributed by atoms with van der Waals surface area (Å²) in [6.07, 6.45) is 3.08. The minimum atomic E-state index is -0.544. The molecule has 2 rings (SSSR count). The van der Waals surface area contributed by atoms with E-state index in [1.54, 1.807) is 12.1 Å². The van der Waals surface area contributed by atoms with Gasteiger partial charge in [-0.25, -0.2) is 0 Å². The van der Waals surface area contributed by atoms with Crippen LogP contribution in [0.25, 0.3) is 0 Å². The molecule has 0 aliphatic carbocycles. The fraction of sp³-hybridized carbons (Fsp3) is 0.316. The van der Waals surface area contributed by atoms with Gasteiger partial charge in [0.15, 0.2) is 0 Å². The molecule has 132 valence electrons. The van der Waals surface area contributed by atoms with Gasteiger partial charge in [-0.05, 0) is 36.8 Å². The van der Waals surface area contributed by atoms with Crippen LogP contribution in [-0.2, 0) is 17.6 Å². The van der Waals surface area contributed by atoms with E-state index >= 15 is 0 Å². The third kappa shape index (κ3) is 6.35. The third-order valence-corrected chi connectivity index (χ3v) is 3.97. The molecule has 0 heterocycles. The lowest BCUT2D eigenvalue weighted by molar-refractivity contribution is -0.384. The molecule has 0 spiro atoms. The Kier molecular flexibility index (Phi) is 7.10. The summed E-state index contributed by atoms with van der Waals surface area (Å²) >= 11 is 0. The maximum atomic E-state index is 12.0. The number of nitro groups is 1. The number of amides is 1. The Hall–Kier alpha value is -2.73. The van der Waals surface area contributed by atoms with E-state index in [0.717, 1.165) is 30.4 Å². The van der Waals surface area contributed by atoms with Crippen molar-refractivity contribution in [1.29, 1.82) is 0 Å². The summed E-state index contributed by atoms with van der Waals surface area (Å²) in [5.41, 5.74) is 8.13. The first-order valence-corrected chi connectivity index (χ1v) is 8.37.